The van der Waals surface area contributed by atoms with E-state index in [9.17, 15) is 13.2 Å². The van der Waals surface area contributed by atoms with Gasteiger partial charge in [0.1, 0.15) is 12.1 Å². The zero-order valence-corrected chi connectivity index (χ0v) is 19.6. The van der Waals surface area contributed by atoms with Crippen LogP contribution in [0.1, 0.15) is 37.8 Å². The van der Waals surface area contributed by atoms with Gasteiger partial charge in [-0.1, -0.05) is 43.8 Å². The molecule has 3 aromatic rings. The summed E-state index contributed by atoms with van der Waals surface area (Å²) in [6.45, 7) is 5.45. The molecule has 4 rings (SSSR count). The van der Waals surface area contributed by atoms with Crippen molar-refractivity contribution in [1.29, 1.82) is 0 Å². The highest BCUT2D eigenvalue weighted by Crippen LogP contribution is 2.42. The zero-order chi connectivity index (χ0) is 24.5. The fourth-order valence-corrected chi connectivity index (χ4v) is 4.05. The van der Waals surface area contributed by atoms with Gasteiger partial charge in [-0.05, 0) is 48.1 Å². The van der Waals surface area contributed by atoms with Gasteiger partial charge >= 0.3 is 6.18 Å². The average molecular weight is 468 g/mol. The molecule has 0 saturated heterocycles. The van der Waals surface area contributed by atoms with Crippen LogP contribution in [0.2, 0.25) is 0 Å². The lowest BCUT2D eigenvalue weighted by Gasteiger charge is -2.23. The van der Waals surface area contributed by atoms with Crippen LogP contribution in [-0.4, -0.2) is 39.5 Å². The third kappa shape index (κ3) is 5.05. The predicted octanol–water partition coefficient (Wildman–Crippen LogP) is 6.31. The summed E-state index contributed by atoms with van der Waals surface area (Å²) in [4.78, 5) is 6.54. The fourth-order valence-electron chi connectivity index (χ4n) is 4.05. The molecule has 2 heterocycles. The highest BCUT2D eigenvalue weighted by Gasteiger charge is 2.35. The molecule has 0 N–H and O–H groups in total. The minimum Gasteiger partial charge on any atom is -0.355 e. The molecule has 2 aromatic heterocycles. The number of allylic oxidation sites excluding steroid dienone is 1. The maximum Gasteiger partial charge on any atom is 0.416 e. The van der Waals surface area contributed by atoms with Gasteiger partial charge in [0.25, 0.3) is 0 Å². The highest BCUT2D eigenvalue weighted by molar-refractivity contribution is 5.82. The normalized spacial score (nSPS) is 14.4. The van der Waals surface area contributed by atoms with Crippen molar-refractivity contribution in [1.82, 2.24) is 19.7 Å². The van der Waals surface area contributed by atoms with E-state index >= 15 is 0 Å². The third-order valence-electron chi connectivity index (χ3n) is 5.93. The Labute approximate surface area is 197 Å². The number of alkyl halides is 3. The Bertz CT molecular complexity index is 1220. The van der Waals surface area contributed by atoms with Crippen LogP contribution in [0.25, 0.3) is 22.5 Å². The molecule has 0 atom stereocenters. The van der Waals surface area contributed by atoms with Gasteiger partial charge in [0.2, 0.25) is 0 Å². The van der Waals surface area contributed by atoms with Gasteiger partial charge < -0.3 is 9.47 Å². The summed E-state index contributed by atoms with van der Waals surface area (Å²) in [5.41, 5.74) is 3.16. The van der Waals surface area contributed by atoms with Crippen LogP contribution in [0.5, 0.6) is 0 Å². The van der Waals surface area contributed by atoms with Crippen molar-refractivity contribution in [2.24, 2.45) is 7.05 Å². The van der Waals surface area contributed by atoms with E-state index in [1.54, 1.807) is 25.2 Å². The van der Waals surface area contributed by atoms with Crippen molar-refractivity contribution in [3.63, 3.8) is 0 Å². The monoisotopic (exact) mass is 467 g/mol. The molecule has 8 heteroatoms. The van der Waals surface area contributed by atoms with Gasteiger partial charge in [-0.25, -0.2) is 4.98 Å². The van der Waals surface area contributed by atoms with E-state index in [0.29, 0.717) is 11.7 Å². The second-order valence-electron chi connectivity index (χ2n) is 8.71. The fraction of sp³-hybridized carbons (Fsp3) is 0.346. The molecule has 0 unspecified atom stereocenters. The Hall–Kier alpha value is -3.42. The van der Waals surface area contributed by atoms with Crippen molar-refractivity contribution < 1.29 is 13.2 Å². The van der Waals surface area contributed by atoms with Gasteiger partial charge in [0.15, 0.2) is 5.82 Å². The SMILES string of the molecule is C=C(CN(C)c1cc(-c2ccccc2-c2nncn2C)cc(C2CC2)n1)/C(=C\CC)C(F)(F)F. The van der Waals surface area contributed by atoms with Gasteiger partial charge in [-0.3, -0.25) is 0 Å². The summed E-state index contributed by atoms with van der Waals surface area (Å²) < 4.78 is 42.4. The minimum absolute atomic E-state index is 0.0245. The lowest BCUT2D eigenvalue weighted by molar-refractivity contribution is -0.0896. The van der Waals surface area contributed by atoms with E-state index < -0.39 is 11.7 Å². The first-order valence-corrected chi connectivity index (χ1v) is 11.3. The number of hydrogen-bond donors (Lipinski definition) is 0. The molecule has 0 amide bonds. The van der Waals surface area contributed by atoms with E-state index in [0.717, 1.165) is 41.1 Å². The summed E-state index contributed by atoms with van der Waals surface area (Å²) in [5.74, 6) is 1.73. The van der Waals surface area contributed by atoms with E-state index in [1.165, 1.54) is 6.08 Å². The number of anilines is 1. The molecule has 1 aromatic carbocycles. The average Bonchev–Trinajstić information content (AvgIpc) is 3.57. The van der Waals surface area contributed by atoms with E-state index in [4.69, 9.17) is 4.98 Å². The summed E-state index contributed by atoms with van der Waals surface area (Å²) >= 11 is 0. The van der Waals surface area contributed by atoms with Crippen LogP contribution in [0.4, 0.5) is 19.0 Å². The summed E-state index contributed by atoms with van der Waals surface area (Å²) in [6, 6.07) is 11.9. The Morgan fingerprint density at radius 1 is 1.21 bits per heavy atom. The van der Waals surface area contributed by atoms with Gasteiger partial charge in [0.05, 0.1) is 5.57 Å². The van der Waals surface area contributed by atoms with E-state index in [1.807, 2.05) is 41.9 Å². The van der Waals surface area contributed by atoms with Crippen LogP contribution in [0.3, 0.4) is 0 Å². The van der Waals surface area contributed by atoms with E-state index in [2.05, 4.69) is 22.8 Å². The van der Waals surface area contributed by atoms with Gasteiger partial charge in [-0.15, -0.1) is 10.2 Å². The van der Waals surface area contributed by atoms with Crippen molar-refractivity contribution in [3.8, 4) is 22.5 Å². The van der Waals surface area contributed by atoms with Crippen LogP contribution in [-0.2, 0) is 7.05 Å². The quantitative estimate of drug-likeness (QED) is 0.364. The number of hydrogen-bond acceptors (Lipinski definition) is 4. The second kappa shape index (κ2) is 9.44. The Kier molecular flexibility index (Phi) is 6.59. The minimum atomic E-state index is -4.43. The van der Waals surface area contributed by atoms with Crippen LogP contribution in [0.15, 0.2) is 66.5 Å². The molecule has 0 spiro atoms. The molecule has 1 aliphatic carbocycles. The van der Waals surface area contributed by atoms with Gasteiger partial charge in [-0.2, -0.15) is 13.2 Å². The van der Waals surface area contributed by atoms with Crippen molar-refractivity contribution in [2.75, 3.05) is 18.5 Å². The summed E-state index contributed by atoms with van der Waals surface area (Å²) in [7, 11) is 3.64. The Morgan fingerprint density at radius 3 is 2.50 bits per heavy atom. The molecule has 0 bridgehead atoms. The molecule has 178 valence electrons. The first-order valence-electron chi connectivity index (χ1n) is 11.3. The van der Waals surface area contributed by atoms with Crippen molar-refractivity contribution >= 4 is 5.82 Å². The molecule has 1 fully saturated rings. The van der Waals surface area contributed by atoms with Crippen molar-refractivity contribution in [3.05, 3.63) is 72.2 Å². The van der Waals surface area contributed by atoms with Gasteiger partial charge in [0, 0.05) is 37.8 Å². The smallest absolute Gasteiger partial charge is 0.355 e. The number of benzene rings is 1. The molecule has 1 saturated carbocycles. The number of rotatable bonds is 8. The third-order valence-corrected chi connectivity index (χ3v) is 5.93. The lowest BCUT2D eigenvalue weighted by atomic mass is 9.98. The number of aromatic nitrogens is 4. The molecule has 0 aliphatic heterocycles. The maximum absolute atomic E-state index is 13.5. The molecule has 34 heavy (non-hydrogen) atoms. The summed E-state index contributed by atoms with van der Waals surface area (Å²) in [5, 5.41) is 8.27. The summed E-state index contributed by atoms with van der Waals surface area (Å²) in [6.07, 6.45) is 0.824. The standard InChI is InChI=1S/C26H28F3N5/c1-5-8-22(26(27,28)29)17(2)15-33(3)24-14-19(13-23(31-24)18-11-12-18)20-9-6-7-10-21(20)25-32-30-16-34(25)4/h6-10,13-14,16,18H,2,5,11-12,15H2,1,3-4H3/b22-8+. The molecular weight excluding hydrogens is 439 g/mol. The van der Waals surface area contributed by atoms with E-state index in [-0.39, 0.29) is 18.5 Å². The predicted molar refractivity (Wildman–Crippen MR) is 128 cm³/mol. The number of pyridine rings is 1. The van der Waals surface area contributed by atoms with Crippen LogP contribution >= 0.6 is 0 Å². The first-order chi connectivity index (χ1) is 16.2. The van der Waals surface area contributed by atoms with Crippen LogP contribution in [0, 0.1) is 0 Å². The number of halogens is 3. The highest BCUT2D eigenvalue weighted by atomic mass is 19.4. The molecular formula is C26H28F3N5. The maximum atomic E-state index is 13.5. The number of nitrogens with zero attached hydrogens (tertiary/aromatic N) is 5. The number of likely N-dealkylation sites (N-methyl/N-ethyl adjacent to an activating group) is 1. The largest absolute Gasteiger partial charge is 0.416 e. The molecule has 1 aliphatic rings. The molecule has 5 nitrogen and oxygen atoms in total. The van der Waals surface area contributed by atoms with Crippen LogP contribution < -0.4 is 4.90 Å². The number of aryl methyl sites for hydroxylation is 1. The second-order valence-corrected chi connectivity index (χ2v) is 8.71. The topological polar surface area (TPSA) is 46.8 Å². The first kappa shape index (κ1) is 23.7. The zero-order valence-electron chi connectivity index (χ0n) is 19.6. The molecule has 0 radical (unpaired) electrons. The Balaban J connectivity index is 1.72. The van der Waals surface area contributed by atoms with Crippen molar-refractivity contribution in [2.45, 2.75) is 38.3 Å². The Morgan fingerprint density at radius 2 is 1.91 bits per heavy atom. The lowest BCUT2D eigenvalue weighted by Crippen LogP contribution is -2.25.